The van der Waals surface area contributed by atoms with Gasteiger partial charge in [0.25, 0.3) is 0 Å². The molecule has 3 heteroatoms. The van der Waals surface area contributed by atoms with E-state index in [1.54, 1.807) is 0 Å². The fourth-order valence-electron chi connectivity index (χ4n) is 3.17. The van der Waals surface area contributed by atoms with Gasteiger partial charge in [0.1, 0.15) is 0 Å². The van der Waals surface area contributed by atoms with E-state index in [1.807, 2.05) is 6.92 Å². The van der Waals surface area contributed by atoms with Crippen LogP contribution in [0.5, 0.6) is 0 Å². The Morgan fingerprint density at radius 3 is 2.56 bits per heavy atom. The van der Waals surface area contributed by atoms with Crippen LogP contribution >= 0.6 is 0 Å². The van der Waals surface area contributed by atoms with E-state index in [2.05, 4.69) is 24.4 Å². The van der Waals surface area contributed by atoms with Crippen molar-refractivity contribution in [1.29, 1.82) is 0 Å². The average Bonchev–Trinajstić information content (AvgIpc) is 2.27. The number of rotatable bonds is 2. The highest BCUT2D eigenvalue weighted by Crippen LogP contribution is 2.35. The molecular weight excluding hydrogens is 224 g/mol. The van der Waals surface area contributed by atoms with Crippen LogP contribution in [-0.2, 0) is 0 Å². The Labute approximate surface area is 110 Å². The van der Waals surface area contributed by atoms with Gasteiger partial charge in [0, 0.05) is 11.6 Å². The summed E-state index contributed by atoms with van der Waals surface area (Å²) >= 11 is 0. The number of hydrazone groups is 1. The second-order valence-corrected chi connectivity index (χ2v) is 5.92. The summed E-state index contributed by atoms with van der Waals surface area (Å²) < 4.78 is 0. The Bertz CT molecular complexity index is 356. The average molecular weight is 250 g/mol. The summed E-state index contributed by atoms with van der Waals surface area (Å²) in [4.78, 5) is 0. The summed E-state index contributed by atoms with van der Waals surface area (Å²) in [6.07, 6.45) is 7.06. The molecule has 1 aliphatic carbocycles. The van der Waals surface area contributed by atoms with Gasteiger partial charge in [0.05, 0.1) is 11.8 Å². The van der Waals surface area contributed by atoms with Gasteiger partial charge < -0.3 is 5.11 Å². The number of aliphatic hydroxyl groups excluding tert-OH is 1. The van der Waals surface area contributed by atoms with E-state index in [0.29, 0.717) is 11.8 Å². The minimum atomic E-state index is -0.439. The monoisotopic (exact) mass is 250 g/mol. The first-order chi connectivity index (χ1) is 8.61. The first kappa shape index (κ1) is 13.6. The molecule has 0 aromatic carbocycles. The van der Waals surface area contributed by atoms with Crippen molar-refractivity contribution in [3.63, 3.8) is 0 Å². The maximum atomic E-state index is 9.91. The van der Waals surface area contributed by atoms with Crippen molar-refractivity contribution in [2.24, 2.45) is 16.9 Å². The number of allylic oxidation sites excluding steroid dienone is 2. The van der Waals surface area contributed by atoms with E-state index < -0.39 is 6.10 Å². The maximum absolute atomic E-state index is 9.91. The summed E-state index contributed by atoms with van der Waals surface area (Å²) in [5, 5.41) is 14.4. The normalized spacial score (nSPS) is 26.9. The smallest absolute Gasteiger partial charge is 0.0916 e. The fraction of sp³-hybridized carbons (Fsp3) is 0.800. The zero-order valence-corrected chi connectivity index (χ0v) is 11.9. The van der Waals surface area contributed by atoms with Crippen LogP contribution in [0.1, 0.15) is 59.3 Å². The standard InChI is InChI=1S/C15H26N2O/c1-10(2)14-12-8-6-4-5-7-9-13(12)15(11(3)18)17-16-14/h10-11,13,16,18H,4-9H2,1-3H3. The lowest BCUT2D eigenvalue weighted by Gasteiger charge is -2.33. The van der Waals surface area contributed by atoms with Crippen molar-refractivity contribution in [1.82, 2.24) is 5.43 Å². The molecule has 2 unspecified atom stereocenters. The second kappa shape index (κ2) is 5.87. The molecule has 0 aromatic rings. The number of nitrogens with one attached hydrogen (secondary N) is 1. The minimum Gasteiger partial charge on any atom is -0.387 e. The SMILES string of the molecule is CC(C)C1=C2CCCCCCC2C(C(C)O)=NN1. The Morgan fingerprint density at radius 1 is 1.17 bits per heavy atom. The van der Waals surface area contributed by atoms with Gasteiger partial charge in [0.15, 0.2) is 0 Å². The molecule has 0 saturated heterocycles. The van der Waals surface area contributed by atoms with Gasteiger partial charge in [-0.3, -0.25) is 5.43 Å². The van der Waals surface area contributed by atoms with E-state index in [0.717, 1.165) is 18.6 Å². The fourth-order valence-corrected chi connectivity index (χ4v) is 3.17. The molecular formula is C15H26N2O. The number of aliphatic hydroxyl groups is 1. The molecule has 1 fully saturated rings. The molecule has 3 nitrogen and oxygen atoms in total. The Hall–Kier alpha value is -0.830. The molecule has 1 aliphatic heterocycles. The van der Waals surface area contributed by atoms with Crippen LogP contribution in [0.25, 0.3) is 0 Å². The molecule has 1 heterocycles. The predicted octanol–water partition coefficient (Wildman–Crippen LogP) is 3.21. The van der Waals surface area contributed by atoms with Crippen molar-refractivity contribution < 1.29 is 5.11 Å². The van der Waals surface area contributed by atoms with E-state index in [4.69, 9.17) is 0 Å². The Kier molecular flexibility index (Phi) is 4.44. The van der Waals surface area contributed by atoms with E-state index in [9.17, 15) is 5.11 Å². The largest absolute Gasteiger partial charge is 0.387 e. The van der Waals surface area contributed by atoms with E-state index >= 15 is 0 Å². The molecule has 2 N–H and O–H groups in total. The van der Waals surface area contributed by atoms with Gasteiger partial charge in [-0.2, -0.15) is 5.10 Å². The lowest BCUT2D eigenvalue weighted by molar-refractivity contribution is 0.252. The quantitative estimate of drug-likeness (QED) is 0.790. The highest BCUT2D eigenvalue weighted by molar-refractivity contribution is 5.93. The highest BCUT2D eigenvalue weighted by Gasteiger charge is 2.30. The zero-order chi connectivity index (χ0) is 13.1. The number of hydrogen-bond acceptors (Lipinski definition) is 3. The molecule has 0 bridgehead atoms. The van der Waals surface area contributed by atoms with Gasteiger partial charge >= 0.3 is 0 Å². The van der Waals surface area contributed by atoms with Gasteiger partial charge in [-0.15, -0.1) is 0 Å². The van der Waals surface area contributed by atoms with Crippen LogP contribution in [0.15, 0.2) is 16.4 Å². The van der Waals surface area contributed by atoms with Crippen LogP contribution in [0.4, 0.5) is 0 Å². The zero-order valence-electron chi connectivity index (χ0n) is 11.9. The van der Waals surface area contributed by atoms with Crippen molar-refractivity contribution in [3.05, 3.63) is 11.3 Å². The van der Waals surface area contributed by atoms with Crippen LogP contribution in [0.3, 0.4) is 0 Å². The van der Waals surface area contributed by atoms with Crippen molar-refractivity contribution in [2.45, 2.75) is 65.4 Å². The molecule has 102 valence electrons. The highest BCUT2D eigenvalue weighted by atomic mass is 16.3. The number of nitrogens with zero attached hydrogens (tertiary/aromatic N) is 1. The third-order valence-corrected chi connectivity index (χ3v) is 4.12. The number of hydrogen-bond donors (Lipinski definition) is 2. The molecule has 2 rings (SSSR count). The minimum absolute atomic E-state index is 0.379. The Morgan fingerprint density at radius 2 is 1.89 bits per heavy atom. The summed E-state index contributed by atoms with van der Waals surface area (Å²) in [6.45, 7) is 6.26. The van der Waals surface area contributed by atoms with Crippen molar-refractivity contribution in [2.75, 3.05) is 0 Å². The van der Waals surface area contributed by atoms with Crippen LogP contribution in [0, 0.1) is 11.8 Å². The summed E-state index contributed by atoms with van der Waals surface area (Å²) in [7, 11) is 0. The van der Waals surface area contributed by atoms with Crippen molar-refractivity contribution >= 4 is 5.71 Å². The van der Waals surface area contributed by atoms with Gasteiger partial charge in [-0.05, 0) is 37.7 Å². The van der Waals surface area contributed by atoms with Crippen LogP contribution in [0.2, 0.25) is 0 Å². The van der Waals surface area contributed by atoms with Crippen LogP contribution in [-0.4, -0.2) is 16.9 Å². The molecule has 18 heavy (non-hydrogen) atoms. The molecule has 0 aromatic heterocycles. The second-order valence-electron chi connectivity index (χ2n) is 5.92. The first-order valence-electron chi connectivity index (χ1n) is 7.35. The van der Waals surface area contributed by atoms with Gasteiger partial charge in [-0.25, -0.2) is 0 Å². The summed E-state index contributed by atoms with van der Waals surface area (Å²) in [5.41, 5.74) is 6.95. The van der Waals surface area contributed by atoms with E-state index in [1.165, 1.54) is 37.0 Å². The van der Waals surface area contributed by atoms with Gasteiger partial charge in [-0.1, -0.05) is 33.1 Å². The molecule has 0 radical (unpaired) electrons. The van der Waals surface area contributed by atoms with E-state index in [-0.39, 0.29) is 0 Å². The topological polar surface area (TPSA) is 44.6 Å². The lowest BCUT2D eigenvalue weighted by Crippen LogP contribution is -2.36. The van der Waals surface area contributed by atoms with Crippen molar-refractivity contribution in [3.8, 4) is 0 Å². The first-order valence-corrected chi connectivity index (χ1v) is 7.35. The molecule has 2 atom stereocenters. The summed E-state index contributed by atoms with van der Waals surface area (Å²) in [5.74, 6) is 0.866. The molecule has 0 amide bonds. The predicted molar refractivity (Wildman–Crippen MR) is 75.3 cm³/mol. The third-order valence-electron chi connectivity index (χ3n) is 4.12. The maximum Gasteiger partial charge on any atom is 0.0916 e. The number of fused-ring (bicyclic) bond motifs is 1. The molecule has 0 spiro atoms. The summed E-state index contributed by atoms with van der Waals surface area (Å²) in [6, 6.07) is 0. The molecule has 2 aliphatic rings. The van der Waals surface area contributed by atoms with Crippen LogP contribution < -0.4 is 5.43 Å². The molecule has 1 saturated carbocycles. The third kappa shape index (κ3) is 2.77. The Balaban J connectivity index is 2.31. The lowest BCUT2D eigenvalue weighted by atomic mass is 9.79. The van der Waals surface area contributed by atoms with Gasteiger partial charge in [0.2, 0.25) is 0 Å².